The van der Waals surface area contributed by atoms with E-state index in [0.29, 0.717) is 17.3 Å². The molecule has 0 radical (unpaired) electrons. The van der Waals surface area contributed by atoms with Gasteiger partial charge in [0.15, 0.2) is 0 Å². The van der Waals surface area contributed by atoms with Crippen LogP contribution in [0.3, 0.4) is 0 Å². The van der Waals surface area contributed by atoms with Gasteiger partial charge < -0.3 is 0 Å². The minimum Gasteiger partial charge on any atom is -0.0619 e. The van der Waals surface area contributed by atoms with Crippen molar-refractivity contribution in [2.24, 2.45) is 17.3 Å². The molecule has 2 atom stereocenters. The maximum Gasteiger partial charge on any atom is 0.0266 e. The first-order chi connectivity index (χ1) is 10.5. The van der Waals surface area contributed by atoms with Crippen LogP contribution in [-0.2, 0) is 5.41 Å². The SMILES string of the molecule is CC1CC(C)(C)CC(C)C12c1ccccc1-c1ccccc12. The fourth-order valence-electron chi connectivity index (χ4n) is 5.91. The maximum atomic E-state index is 2.48. The molecule has 0 heterocycles. The molecule has 2 aromatic rings. The normalized spacial score (nSPS) is 27.5. The molecular weight excluding hydrogens is 264 g/mol. The minimum atomic E-state index is 0.211. The zero-order chi connectivity index (χ0) is 15.5. The van der Waals surface area contributed by atoms with E-state index in [1.54, 1.807) is 11.1 Å². The standard InChI is InChI=1S/C22H26/c1-15-13-21(3,4)14-16(2)22(15)19-11-7-5-9-17(19)18-10-6-8-12-20(18)22/h5-12,15-16H,13-14H2,1-4H3. The van der Waals surface area contributed by atoms with Crippen molar-refractivity contribution in [1.82, 2.24) is 0 Å². The monoisotopic (exact) mass is 290 g/mol. The predicted octanol–water partition coefficient (Wildman–Crippen LogP) is 6.05. The molecule has 1 spiro atoms. The Kier molecular flexibility index (Phi) is 2.86. The number of hydrogen-bond acceptors (Lipinski definition) is 0. The summed E-state index contributed by atoms with van der Waals surface area (Å²) >= 11 is 0. The van der Waals surface area contributed by atoms with Crippen LogP contribution in [0.4, 0.5) is 0 Å². The molecule has 0 aromatic heterocycles. The molecule has 2 unspecified atom stereocenters. The summed E-state index contributed by atoms with van der Waals surface area (Å²) in [5, 5.41) is 0. The number of rotatable bonds is 0. The highest BCUT2D eigenvalue weighted by Gasteiger charge is 2.54. The van der Waals surface area contributed by atoms with Crippen molar-refractivity contribution in [2.45, 2.75) is 46.0 Å². The molecule has 114 valence electrons. The first-order valence-electron chi connectivity index (χ1n) is 8.66. The highest BCUT2D eigenvalue weighted by molar-refractivity contribution is 5.81. The molecule has 0 aliphatic heterocycles. The molecule has 2 aliphatic rings. The van der Waals surface area contributed by atoms with E-state index < -0.39 is 0 Å². The third kappa shape index (κ3) is 1.64. The Morgan fingerprint density at radius 2 is 1.14 bits per heavy atom. The van der Waals surface area contributed by atoms with E-state index in [2.05, 4.69) is 76.2 Å². The first-order valence-corrected chi connectivity index (χ1v) is 8.66. The molecule has 0 nitrogen and oxygen atoms in total. The number of fused-ring (bicyclic) bond motifs is 5. The van der Waals surface area contributed by atoms with Crippen LogP contribution in [0.2, 0.25) is 0 Å². The van der Waals surface area contributed by atoms with Crippen molar-refractivity contribution in [3.63, 3.8) is 0 Å². The lowest BCUT2D eigenvalue weighted by Gasteiger charge is -2.52. The van der Waals surface area contributed by atoms with Gasteiger partial charge >= 0.3 is 0 Å². The summed E-state index contributed by atoms with van der Waals surface area (Å²) in [6.45, 7) is 9.85. The Labute approximate surface area is 134 Å². The Morgan fingerprint density at radius 3 is 1.59 bits per heavy atom. The highest BCUT2D eigenvalue weighted by atomic mass is 14.6. The van der Waals surface area contributed by atoms with Gasteiger partial charge in [-0.1, -0.05) is 76.2 Å². The second-order valence-electron chi connectivity index (χ2n) is 8.33. The second kappa shape index (κ2) is 4.47. The van der Waals surface area contributed by atoms with Gasteiger partial charge in [-0.15, -0.1) is 0 Å². The van der Waals surface area contributed by atoms with Crippen molar-refractivity contribution < 1.29 is 0 Å². The van der Waals surface area contributed by atoms with Crippen molar-refractivity contribution in [2.75, 3.05) is 0 Å². The van der Waals surface area contributed by atoms with Gasteiger partial charge in [0.2, 0.25) is 0 Å². The first kappa shape index (κ1) is 14.1. The molecule has 22 heavy (non-hydrogen) atoms. The molecule has 0 saturated heterocycles. The Balaban J connectivity index is 2.02. The molecule has 2 aliphatic carbocycles. The zero-order valence-corrected chi connectivity index (χ0v) is 14.2. The molecule has 2 aromatic carbocycles. The Morgan fingerprint density at radius 1 is 0.727 bits per heavy atom. The fraction of sp³-hybridized carbons (Fsp3) is 0.455. The van der Waals surface area contributed by atoms with Gasteiger partial charge in [0.1, 0.15) is 0 Å². The van der Waals surface area contributed by atoms with Gasteiger partial charge in [0.05, 0.1) is 0 Å². The quantitative estimate of drug-likeness (QED) is 0.554. The smallest absolute Gasteiger partial charge is 0.0266 e. The third-order valence-corrected chi connectivity index (χ3v) is 6.31. The van der Waals surface area contributed by atoms with Crippen molar-refractivity contribution in [3.8, 4) is 11.1 Å². The van der Waals surface area contributed by atoms with Crippen molar-refractivity contribution in [3.05, 3.63) is 59.7 Å². The lowest BCUT2D eigenvalue weighted by molar-refractivity contribution is 0.0697. The van der Waals surface area contributed by atoms with Gasteiger partial charge in [0, 0.05) is 5.41 Å². The van der Waals surface area contributed by atoms with Crippen LogP contribution in [-0.4, -0.2) is 0 Å². The highest BCUT2D eigenvalue weighted by Crippen LogP contribution is 2.62. The van der Waals surface area contributed by atoms with Gasteiger partial charge in [-0.3, -0.25) is 0 Å². The van der Waals surface area contributed by atoms with Crippen LogP contribution in [0.1, 0.15) is 51.7 Å². The average molecular weight is 290 g/mol. The lowest BCUT2D eigenvalue weighted by Crippen LogP contribution is -2.47. The summed E-state index contributed by atoms with van der Waals surface area (Å²) in [5.74, 6) is 1.35. The molecule has 0 amide bonds. The summed E-state index contributed by atoms with van der Waals surface area (Å²) in [5.41, 5.74) is 6.76. The van der Waals surface area contributed by atoms with E-state index in [9.17, 15) is 0 Å². The second-order valence-corrected chi connectivity index (χ2v) is 8.33. The predicted molar refractivity (Wildman–Crippen MR) is 94.0 cm³/mol. The third-order valence-electron chi connectivity index (χ3n) is 6.31. The molecule has 0 bridgehead atoms. The average Bonchev–Trinajstić information content (AvgIpc) is 2.76. The van der Waals surface area contributed by atoms with Gasteiger partial charge in [-0.25, -0.2) is 0 Å². The summed E-state index contributed by atoms with van der Waals surface area (Å²) in [6, 6.07) is 18.3. The molecule has 4 rings (SSSR count). The van der Waals surface area contributed by atoms with Gasteiger partial charge in [0.25, 0.3) is 0 Å². The molecule has 0 heteroatoms. The van der Waals surface area contributed by atoms with Crippen LogP contribution in [0.15, 0.2) is 48.5 Å². The van der Waals surface area contributed by atoms with E-state index >= 15 is 0 Å². The minimum absolute atomic E-state index is 0.211. The molecule has 0 N–H and O–H groups in total. The van der Waals surface area contributed by atoms with E-state index in [1.807, 2.05) is 0 Å². The maximum absolute atomic E-state index is 2.48. The van der Waals surface area contributed by atoms with Gasteiger partial charge in [-0.2, -0.15) is 0 Å². The van der Waals surface area contributed by atoms with Crippen LogP contribution >= 0.6 is 0 Å². The van der Waals surface area contributed by atoms with E-state index in [4.69, 9.17) is 0 Å². The number of hydrogen-bond donors (Lipinski definition) is 0. The van der Waals surface area contributed by atoms with Crippen LogP contribution in [0.25, 0.3) is 11.1 Å². The van der Waals surface area contributed by atoms with E-state index in [-0.39, 0.29) is 5.41 Å². The molecular formula is C22H26. The Bertz CT molecular complexity index is 661. The van der Waals surface area contributed by atoms with Crippen LogP contribution < -0.4 is 0 Å². The van der Waals surface area contributed by atoms with Crippen LogP contribution in [0, 0.1) is 17.3 Å². The van der Waals surface area contributed by atoms with E-state index in [1.165, 1.54) is 24.0 Å². The zero-order valence-electron chi connectivity index (χ0n) is 14.2. The largest absolute Gasteiger partial charge is 0.0619 e. The summed E-state index contributed by atoms with van der Waals surface area (Å²) < 4.78 is 0. The number of benzene rings is 2. The van der Waals surface area contributed by atoms with Crippen LogP contribution in [0.5, 0.6) is 0 Å². The summed E-state index contributed by atoms with van der Waals surface area (Å²) in [7, 11) is 0. The lowest BCUT2D eigenvalue weighted by atomic mass is 9.51. The topological polar surface area (TPSA) is 0 Å². The fourth-order valence-corrected chi connectivity index (χ4v) is 5.91. The Hall–Kier alpha value is -1.56. The van der Waals surface area contributed by atoms with E-state index in [0.717, 1.165) is 0 Å². The molecule has 1 fully saturated rings. The van der Waals surface area contributed by atoms with Gasteiger partial charge in [-0.05, 0) is 52.3 Å². The van der Waals surface area contributed by atoms with Crippen molar-refractivity contribution >= 4 is 0 Å². The molecule has 1 saturated carbocycles. The summed E-state index contributed by atoms with van der Waals surface area (Å²) in [6.07, 6.45) is 2.61. The summed E-state index contributed by atoms with van der Waals surface area (Å²) in [4.78, 5) is 0. The van der Waals surface area contributed by atoms with Crippen molar-refractivity contribution in [1.29, 1.82) is 0 Å².